The minimum atomic E-state index is -5.08. The van der Waals surface area contributed by atoms with E-state index in [1.807, 2.05) is 6.92 Å². The molecule has 0 aromatic heterocycles. The molecule has 0 radical (unpaired) electrons. The van der Waals surface area contributed by atoms with Crippen molar-refractivity contribution in [2.75, 3.05) is 39.5 Å². The van der Waals surface area contributed by atoms with E-state index in [0.717, 1.165) is 17.4 Å². The van der Waals surface area contributed by atoms with Crippen LogP contribution in [-0.2, 0) is 87.9 Å². The summed E-state index contributed by atoms with van der Waals surface area (Å²) in [4.78, 5) is 233. The van der Waals surface area contributed by atoms with Gasteiger partial charge in [0.05, 0.1) is 44.9 Å². The van der Waals surface area contributed by atoms with Crippen LogP contribution in [0.25, 0.3) is 0 Å². The van der Waals surface area contributed by atoms with Crippen LogP contribution >= 0.6 is 0 Å². The van der Waals surface area contributed by atoms with Gasteiger partial charge in [0.15, 0.2) is 5.96 Å². The van der Waals surface area contributed by atoms with Crippen molar-refractivity contribution in [1.29, 1.82) is 0 Å². The van der Waals surface area contributed by atoms with E-state index in [-0.39, 0.29) is 94.1 Å². The summed E-state index contributed by atoms with van der Waals surface area (Å²) in [5, 5.41) is 100. The van der Waals surface area contributed by atoms with Gasteiger partial charge >= 0.3 is 24.1 Å². The van der Waals surface area contributed by atoms with Crippen LogP contribution in [0, 0.1) is 42.4 Å². The molecule has 14 amide bonds. The number of aryl methyl sites for hydroxylation is 1. The number of carboxylic acids is 3. The summed E-state index contributed by atoms with van der Waals surface area (Å²) in [5.74, 6) is -22.3. The number of halogens is 3. The lowest BCUT2D eigenvalue weighted by atomic mass is 9.96. The molecule has 1 fully saturated rings. The number of benzene rings is 1. The number of likely N-dealkylation sites (tertiary alicyclic amines) is 1. The number of carbonyl (C=O) groups excluding carboxylic acids is 14. The van der Waals surface area contributed by atoms with Crippen LogP contribution in [-0.4, -0.2) is 284 Å². The molecule has 45 heteroatoms. The predicted molar refractivity (Wildman–Crippen MR) is 432 cm³/mol. The van der Waals surface area contributed by atoms with Crippen molar-refractivity contribution in [3.8, 4) is 0 Å². The summed E-state index contributed by atoms with van der Waals surface area (Å²) in [6.07, 6.45) is -7.92. The Kier molecular flexibility index (Phi) is 48.1. The maximum absolute atomic E-state index is 14.5. The minimum absolute atomic E-state index is 0.0297. The molecule has 1 saturated heterocycles. The van der Waals surface area contributed by atoms with Gasteiger partial charge in [-0.1, -0.05) is 119 Å². The number of alkyl halides is 3. The minimum Gasteiger partial charge on any atom is -0.481 e. The van der Waals surface area contributed by atoms with Gasteiger partial charge in [-0.2, -0.15) is 13.2 Å². The molecule has 1 aromatic rings. The maximum atomic E-state index is 14.5. The van der Waals surface area contributed by atoms with E-state index < -0.39 is 242 Å². The Balaban J connectivity index is 0.0000101. The zero-order valence-electron chi connectivity index (χ0n) is 71.3. The van der Waals surface area contributed by atoms with Gasteiger partial charge in [-0.15, -0.1) is 0 Å². The molecule has 122 heavy (non-hydrogen) atoms. The summed E-state index contributed by atoms with van der Waals surface area (Å²) in [6.45, 7) is 19.4. The lowest BCUT2D eigenvalue weighted by Gasteiger charge is -2.30. The normalized spacial score (nSPS) is 16.3. The highest BCUT2D eigenvalue weighted by atomic mass is 19.4. The van der Waals surface area contributed by atoms with Gasteiger partial charge in [0.1, 0.15) is 78.5 Å². The number of aliphatic imine (C=N–C) groups is 1. The predicted octanol–water partition coefficient (Wildman–Crippen LogP) is -4.72. The number of aliphatic hydroxyl groups is 4. The second kappa shape index (κ2) is 53.8. The monoisotopic (exact) mass is 1740 g/mol. The van der Waals surface area contributed by atoms with Crippen LogP contribution in [0.4, 0.5) is 13.2 Å². The maximum Gasteiger partial charge on any atom is 0.490 e. The number of nitrogens with zero attached hydrogens (tertiary/aromatic N) is 2. The molecule has 0 aliphatic carbocycles. The van der Waals surface area contributed by atoms with Crippen molar-refractivity contribution in [2.24, 2.45) is 57.7 Å². The Morgan fingerprint density at radius 3 is 1.29 bits per heavy atom. The molecule has 1 heterocycles. The fourth-order valence-corrected chi connectivity index (χ4v) is 12.1. The standard InChI is InChI=1S/C75H126N18O22.C2HF3O2/c1-15-42(13)59(91-56(98)32-80-61(101)49(30-44-22-20-41(12)21-23-44)84-68(108)53(34-95)89-70(110)58(76)40(10)11)71(111)86-48(28-38(6)7)64(104)82-46(26-36(2)3)63(103)85-50(31-57(99)100)66(106)83-47(27-37(4)5)65(105)88-52(33-94)67(107)81-45(18-16-24-79-75(77)78)62(102)92-60(43(14)97)72(112)90-54(35-96)69(109)87-51(29-39(8)9)73(113)93-25-17-19-55(93)74(114)115;3-2(4,5)1(6)7/h20-23,36-40,42-43,45-55,58-60,94-97H,15-19,24-35,76H2,1-14H3,(H,80,101)(H,81,107)(H,82,104)(H,83,106)(H,84,108)(H,85,103)(H,86,111)(H,87,109)(H,88,105)(H,89,110)(H,90,112)(H,91,98)(H,92,102)(H,99,100)(H,114,115)(H4,77,78,79);(H,6,7)/t42-,43+,45-,46-,47-,48-,49-,50-,51-,52-,53-,54-,55-,58-,59-,60-;/m0./s1. The highest BCUT2D eigenvalue weighted by molar-refractivity contribution is 6.01. The van der Waals surface area contributed by atoms with Gasteiger partial charge in [-0.05, 0) is 106 Å². The number of guanidine groups is 1. The Bertz CT molecular complexity index is 3720. The van der Waals surface area contributed by atoms with Gasteiger partial charge in [0.2, 0.25) is 82.7 Å². The first kappa shape index (κ1) is 109. The fourth-order valence-electron chi connectivity index (χ4n) is 12.1. The van der Waals surface area contributed by atoms with Gasteiger partial charge in [0.25, 0.3) is 0 Å². The largest absolute Gasteiger partial charge is 0.490 e. The first-order chi connectivity index (χ1) is 56.7. The average Bonchev–Trinajstić information content (AvgIpc) is 0.968. The SMILES string of the molecule is CC[C@H](C)[C@H](NC(=O)CNC(=O)[C@H](Cc1ccc(C)cc1)NC(=O)[C@H](CO)NC(=O)[C@@H](N)C(C)C)C(=O)N[C@@H](CC(C)C)C(=O)N[C@@H](CC(C)C)C(=O)N[C@@H](CC(=O)O)C(=O)N[C@@H](CC(C)C)C(=O)N[C@@H](CO)C(=O)N[C@@H](CCCN=C(N)N)C(=O)N[C@H](C(=O)N[C@@H](CO)C(=O)N[C@@H](CC(C)C)C(=O)N1CCC[C@H]1C(=O)O)[C@@H](C)O.O=C(O)C(F)(F)F. The molecule has 1 aliphatic rings. The summed E-state index contributed by atoms with van der Waals surface area (Å²) < 4.78 is 31.7. The number of hydrogen-bond acceptors (Lipinski definition) is 23. The molecular formula is C77H127F3N18O24. The van der Waals surface area contributed by atoms with Crippen molar-refractivity contribution >= 4 is 107 Å². The van der Waals surface area contributed by atoms with Crippen LogP contribution in [0.5, 0.6) is 0 Å². The molecule has 26 N–H and O–H groups in total. The molecule has 690 valence electrons. The average molecular weight is 1750 g/mol. The topological polar surface area (TPSA) is 682 Å². The number of rotatable bonds is 51. The van der Waals surface area contributed by atoms with E-state index in [1.165, 1.54) is 0 Å². The third kappa shape index (κ3) is 39.7. The van der Waals surface area contributed by atoms with Crippen LogP contribution < -0.4 is 86.3 Å². The number of nitrogens with two attached hydrogens (primary N) is 3. The lowest BCUT2D eigenvalue weighted by molar-refractivity contribution is -0.192. The van der Waals surface area contributed by atoms with E-state index in [0.29, 0.717) is 18.4 Å². The zero-order valence-corrected chi connectivity index (χ0v) is 71.3. The number of nitrogens with one attached hydrogen (secondary N) is 13. The van der Waals surface area contributed by atoms with Crippen LogP contribution in [0.1, 0.15) is 165 Å². The Hall–Kier alpha value is -10.9. The van der Waals surface area contributed by atoms with Crippen molar-refractivity contribution in [3.05, 3.63) is 35.4 Å². The second-order valence-corrected chi connectivity index (χ2v) is 31.9. The van der Waals surface area contributed by atoms with Crippen LogP contribution in [0.3, 0.4) is 0 Å². The van der Waals surface area contributed by atoms with Gasteiger partial charge < -0.3 is 127 Å². The van der Waals surface area contributed by atoms with E-state index >= 15 is 0 Å². The highest BCUT2D eigenvalue weighted by Crippen LogP contribution is 2.22. The number of carboxylic acid groups (broad SMARTS) is 3. The molecule has 1 aliphatic heterocycles. The molecule has 0 bridgehead atoms. The number of aliphatic carboxylic acids is 3. The van der Waals surface area contributed by atoms with Gasteiger partial charge in [-0.25, -0.2) is 9.59 Å². The van der Waals surface area contributed by atoms with Crippen molar-refractivity contribution in [2.45, 2.75) is 264 Å². The highest BCUT2D eigenvalue weighted by Gasteiger charge is 2.43. The lowest BCUT2D eigenvalue weighted by Crippen LogP contribution is -2.62. The third-order valence-corrected chi connectivity index (χ3v) is 19.0. The second-order valence-electron chi connectivity index (χ2n) is 31.9. The number of hydrogen-bond donors (Lipinski definition) is 23. The van der Waals surface area contributed by atoms with E-state index in [2.05, 4.69) is 74.1 Å². The van der Waals surface area contributed by atoms with Crippen molar-refractivity contribution < 1.29 is 130 Å². The zero-order chi connectivity index (χ0) is 93.5. The fraction of sp³-hybridized carbons (Fsp3) is 0.688. The molecule has 0 saturated carbocycles. The Labute approximate surface area is 705 Å². The Morgan fingerprint density at radius 1 is 0.500 bits per heavy atom. The van der Waals surface area contributed by atoms with Crippen molar-refractivity contribution in [3.63, 3.8) is 0 Å². The first-order valence-corrected chi connectivity index (χ1v) is 40.1. The van der Waals surface area contributed by atoms with E-state index in [4.69, 9.17) is 27.1 Å². The summed E-state index contributed by atoms with van der Waals surface area (Å²) >= 11 is 0. The number of aliphatic hydroxyl groups excluding tert-OH is 4. The molecule has 2 rings (SSSR count). The molecular weight excluding hydrogens is 1620 g/mol. The quantitative estimate of drug-likeness (QED) is 0.0166. The molecule has 1 aromatic carbocycles. The van der Waals surface area contributed by atoms with Crippen molar-refractivity contribution in [1.82, 2.24) is 74.0 Å². The van der Waals surface area contributed by atoms with Crippen LogP contribution in [0.15, 0.2) is 29.3 Å². The molecule has 0 unspecified atom stereocenters. The molecule has 16 atom stereocenters. The summed E-state index contributed by atoms with van der Waals surface area (Å²) in [6, 6.07) is -14.6. The Morgan fingerprint density at radius 2 is 0.877 bits per heavy atom. The third-order valence-electron chi connectivity index (χ3n) is 19.0. The van der Waals surface area contributed by atoms with Gasteiger partial charge in [-0.3, -0.25) is 76.9 Å². The van der Waals surface area contributed by atoms with E-state index in [1.54, 1.807) is 107 Å². The summed E-state index contributed by atoms with van der Waals surface area (Å²) in [5.41, 5.74) is 18.4. The summed E-state index contributed by atoms with van der Waals surface area (Å²) in [7, 11) is 0. The number of amides is 14. The van der Waals surface area contributed by atoms with Crippen LogP contribution in [0.2, 0.25) is 0 Å². The first-order valence-electron chi connectivity index (χ1n) is 40.1. The molecule has 0 spiro atoms. The number of carbonyl (C=O) groups is 17. The smallest absolute Gasteiger partial charge is 0.481 e. The van der Waals surface area contributed by atoms with E-state index in [9.17, 15) is 121 Å². The molecule has 42 nitrogen and oxygen atoms in total. The van der Waals surface area contributed by atoms with Gasteiger partial charge in [0, 0.05) is 19.5 Å².